The van der Waals surface area contributed by atoms with Crippen molar-refractivity contribution in [2.24, 2.45) is 10.7 Å². The van der Waals surface area contributed by atoms with Crippen LogP contribution >= 0.6 is 0 Å². The number of ether oxygens (including phenoxy) is 1. The quantitative estimate of drug-likeness (QED) is 0.591. The van der Waals surface area contributed by atoms with E-state index in [0.717, 1.165) is 37.3 Å². The summed E-state index contributed by atoms with van der Waals surface area (Å²) in [5, 5.41) is 3.17. The first-order chi connectivity index (χ1) is 13.5. The molecule has 5 heteroatoms. The SMILES string of the molecule is CCc1cccc(NC(N)=NCc2ccc(CN3CC(C)OC(C)C3)cc2)c1. The van der Waals surface area contributed by atoms with E-state index in [1.165, 1.54) is 11.1 Å². The van der Waals surface area contributed by atoms with Gasteiger partial charge >= 0.3 is 0 Å². The molecule has 0 saturated carbocycles. The third-order valence-corrected chi connectivity index (χ3v) is 4.96. The van der Waals surface area contributed by atoms with Crippen molar-refractivity contribution in [3.8, 4) is 0 Å². The minimum atomic E-state index is 0.297. The summed E-state index contributed by atoms with van der Waals surface area (Å²) in [5.41, 5.74) is 10.8. The van der Waals surface area contributed by atoms with Gasteiger partial charge in [0.15, 0.2) is 5.96 Å². The van der Waals surface area contributed by atoms with Crippen LogP contribution in [-0.2, 0) is 24.2 Å². The maximum atomic E-state index is 6.05. The highest BCUT2D eigenvalue weighted by Gasteiger charge is 2.21. The molecule has 0 spiro atoms. The summed E-state index contributed by atoms with van der Waals surface area (Å²) in [6, 6.07) is 16.9. The highest BCUT2D eigenvalue weighted by Crippen LogP contribution is 2.15. The Balaban J connectivity index is 1.52. The Morgan fingerprint density at radius 3 is 2.43 bits per heavy atom. The zero-order chi connectivity index (χ0) is 19.9. The van der Waals surface area contributed by atoms with Crippen LogP contribution in [0.25, 0.3) is 0 Å². The molecule has 0 aliphatic carbocycles. The van der Waals surface area contributed by atoms with Crippen molar-refractivity contribution in [1.82, 2.24) is 4.90 Å². The molecule has 3 N–H and O–H groups in total. The molecule has 0 bridgehead atoms. The number of guanidine groups is 1. The predicted molar refractivity (Wildman–Crippen MR) is 116 cm³/mol. The van der Waals surface area contributed by atoms with Gasteiger partial charge < -0.3 is 15.8 Å². The molecule has 1 aliphatic rings. The predicted octanol–water partition coefficient (Wildman–Crippen LogP) is 3.79. The van der Waals surface area contributed by atoms with Crippen LogP contribution < -0.4 is 11.1 Å². The van der Waals surface area contributed by atoms with E-state index in [9.17, 15) is 0 Å². The van der Waals surface area contributed by atoms with E-state index in [2.05, 4.69) is 72.4 Å². The Hall–Kier alpha value is -2.37. The number of hydrogen-bond donors (Lipinski definition) is 2. The average molecular weight is 381 g/mol. The van der Waals surface area contributed by atoms with E-state index < -0.39 is 0 Å². The lowest BCUT2D eigenvalue weighted by Crippen LogP contribution is -2.44. The number of benzene rings is 2. The summed E-state index contributed by atoms with van der Waals surface area (Å²) in [4.78, 5) is 6.92. The molecular weight excluding hydrogens is 348 g/mol. The van der Waals surface area contributed by atoms with Crippen LogP contribution in [0.2, 0.25) is 0 Å². The van der Waals surface area contributed by atoms with Crippen molar-refractivity contribution < 1.29 is 4.74 Å². The average Bonchev–Trinajstić information content (AvgIpc) is 2.67. The normalized spacial score (nSPS) is 20.9. The first kappa shape index (κ1) is 20.4. The molecule has 1 saturated heterocycles. The minimum absolute atomic E-state index is 0.297. The van der Waals surface area contributed by atoms with E-state index in [4.69, 9.17) is 10.5 Å². The second-order valence-electron chi connectivity index (χ2n) is 7.65. The smallest absolute Gasteiger partial charge is 0.193 e. The molecule has 5 nitrogen and oxygen atoms in total. The molecule has 3 rings (SSSR count). The zero-order valence-electron chi connectivity index (χ0n) is 17.2. The van der Waals surface area contributed by atoms with Gasteiger partial charge in [0.05, 0.1) is 18.8 Å². The number of nitrogens with zero attached hydrogens (tertiary/aromatic N) is 2. The molecule has 28 heavy (non-hydrogen) atoms. The van der Waals surface area contributed by atoms with Crippen LogP contribution in [0, 0.1) is 0 Å². The monoisotopic (exact) mass is 380 g/mol. The van der Waals surface area contributed by atoms with Crippen LogP contribution in [0.5, 0.6) is 0 Å². The molecule has 2 atom stereocenters. The van der Waals surface area contributed by atoms with Crippen molar-refractivity contribution in [2.75, 3.05) is 18.4 Å². The summed E-state index contributed by atoms with van der Waals surface area (Å²) in [6.07, 6.45) is 1.60. The van der Waals surface area contributed by atoms with Crippen molar-refractivity contribution in [1.29, 1.82) is 0 Å². The maximum absolute atomic E-state index is 6.05. The van der Waals surface area contributed by atoms with Crippen LogP contribution in [0.4, 0.5) is 5.69 Å². The van der Waals surface area contributed by atoms with Crippen molar-refractivity contribution in [3.05, 3.63) is 65.2 Å². The number of nitrogens with two attached hydrogens (primary N) is 1. The van der Waals surface area contributed by atoms with Crippen LogP contribution in [0.3, 0.4) is 0 Å². The Morgan fingerprint density at radius 1 is 1.07 bits per heavy atom. The van der Waals surface area contributed by atoms with Gasteiger partial charge in [-0.1, -0.05) is 43.3 Å². The molecule has 0 radical (unpaired) electrons. The fourth-order valence-electron chi connectivity index (χ4n) is 3.65. The van der Waals surface area contributed by atoms with Gasteiger partial charge in [0.2, 0.25) is 0 Å². The minimum Gasteiger partial charge on any atom is -0.373 e. The lowest BCUT2D eigenvalue weighted by Gasteiger charge is -2.35. The van der Waals surface area contributed by atoms with Gasteiger partial charge in [0, 0.05) is 25.3 Å². The summed E-state index contributed by atoms with van der Waals surface area (Å²) in [5.74, 6) is 0.439. The summed E-state index contributed by atoms with van der Waals surface area (Å²) >= 11 is 0. The molecule has 2 aromatic carbocycles. The first-order valence-corrected chi connectivity index (χ1v) is 10.1. The highest BCUT2D eigenvalue weighted by atomic mass is 16.5. The van der Waals surface area contributed by atoms with Gasteiger partial charge in [0.25, 0.3) is 0 Å². The largest absolute Gasteiger partial charge is 0.373 e. The first-order valence-electron chi connectivity index (χ1n) is 10.1. The van der Waals surface area contributed by atoms with Crippen LogP contribution in [0.15, 0.2) is 53.5 Å². The summed E-state index contributed by atoms with van der Waals surface area (Å²) in [7, 11) is 0. The lowest BCUT2D eigenvalue weighted by atomic mass is 10.1. The zero-order valence-corrected chi connectivity index (χ0v) is 17.2. The molecular formula is C23H32N4O. The number of aryl methyl sites for hydroxylation is 1. The number of aliphatic imine (C=N–C) groups is 1. The van der Waals surface area contributed by atoms with Gasteiger partial charge in [-0.3, -0.25) is 4.90 Å². The third kappa shape index (κ3) is 6.08. The Morgan fingerprint density at radius 2 is 1.75 bits per heavy atom. The number of morpholine rings is 1. The van der Waals surface area contributed by atoms with E-state index in [0.29, 0.717) is 24.7 Å². The second-order valence-corrected chi connectivity index (χ2v) is 7.65. The van der Waals surface area contributed by atoms with Gasteiger partial charge in [-0.25, -0.2) is 4.99 Å². The molecule has 1 heterocycles. The molecule has 1 fully saturated rings. The Bertz CT molecular complexity index is 777. The van der Waals surface area contributed by atoms with Gasteiger partial charge in [-0.2, -0.15) is 0 Å². The highest BCUT2D eigenvalue weighted by molar-refractivity contribution is 5.92. The van der Waals surface area contributed by atoms with Crippen LogP contribution in [0.1, 0.15) is 37.5 Å². The fourth-order valence-corrected chi connectivity index (χ4v) is 3.65. The third-order valence-electron chi connectivity index (χ3n) is 4.96. The second kappa shape index (κ2) is 9.71. The maximum Gasteiger partial charge on any atom is 0.193 e. The molecule has 0 amide bonds. The molecule has 2 aromatic rings. The summed E-state index contributed by atoms with van der Waals surface area (Å²) in [6.45, 7) is 9.91. The van der Waals surface area contributed by atoms with E-state index in [1.807, 2.05) is 12.1 Å². The number of hydrogen-bond acceptors (Lipinski definition) is 3. The van der Waals surface area contributed by atoms with Crippen molar-refractivity contribution in [3.63, 3.8) is 0 Å². The fraction of sp³-hybridized carbons (Fsp3) is 0.435. The van der Waals surface area contributed by atoms with Crippen molar-refractivity contribution >= 4 is 11.6 Å². The molecule has 150 valence electrons. The van der Waals surface area contributed by atoms with Gasteiger partial charge in [0.1, 0.15) is 0 Å². The van der Waals surface area contributed by atoms with Gasteiger partial charge in [-0.15, -0.1) is 0 Å². The molecule has 1 aliphatic heterocycles. The van der Waals surface area contributed by atoms with E-state index >= 15 is 0 Å². The topological polar surface area (TPSA) is 62.9 Å². The number of rotatable bonds is 6. The van der Waals surface area contributed by atoms with Gasteiger partial charge in [-0.05, 0) is 49.1 Å². The molecule has 2 unspecified atom stereocenters. The Kier molecular flexibility index (Phi) is 7.06. The number of anilines is 1. The molecule has 0 aromatic heterocycles. The lowest BCUT2D eigenvalue weighted by molar-refractivity contribution is -0.0704. The number of nitrogens with one attached hydrogen (secondary N) is 1. The standard InChI is InChI=1S/C23H32N4O/c1-4-19-6-5-7-22(12-19)26-23(24)25-13-20-8-10-21(11-9-20)16-27-14-17(2)28-18(3)15-27/h5-12,17-18H,4,13-16H2,1-3H3,(H3,24,25,26). The summed E-state index contributed by atoms with van der Waals surface area (Å²) < 4.78 is 5.81. The van der Waals surface area contributed by atoms with E-state index in [1.54, 1.807) is 0 Å². The van der Waals surface area contributed by atoms with Crippen molar-refractivity contribution in [2.45, 2.75) is 52.5 Å². The Labute approximate surface area is 168 Å². The van der Waals surface area contributed by atoms with Crippen LogP contribution in [-0.4, -0.2) is 36.2 Å². The van der Waals surface area contributed by atoms with E-state index in [-0.39, 0.29) is 0 Å².